The van der Waals surface area contributed by atoms with E-state index in [1.165, 1.54) is 28.7 Å². The van der Waals surface area contributed by atoms with Gasteiger partial charge in [-0.3, -0.25) is 4.79 Å². The van der Waals surface area contributed by atoms with Crippen LogP contribution in [0.2, 0.25) is 0 Å². The number of hydrogen-bond donors (Lipinski definition) is 2. The number of hydrogen-bond acceptors (Lipinski definition) is 5. The summed E-state index contributed by atoms with van der Waals surface area (Å²) in [5, 5.41) is 4.17. The fourth-order valence-electron chi connectivity index (χ4n) is 1.87. The minimum atomic E-state index is -0.0778. The summed E-state index contributed by atoms with van der Waals surface area (Å²) in [7, 11) is 0. The number of amides is 1. The molecule has 0 bridgehead atoms. The van der Waals surface area contributed by atoms with Crippen LogP contribution in [0.15, 0.2) is 29.6 Å². The Balaban J connectivity index is 1.61. The highest BCUT2D eigenvalue weighted by molar-refractivity contribution is 7.99. The number of aromatic nitrogens is 3. The minimum absolute atomic E-state index is 0.0778. The SMILES string of the molecule is Cc1ccc2nc(SCC(=O)Nc3ncc(C)s3)[nH]c2c1. The van der Waals surface area contributed by atoms with Gasteiger partial charge in [-0.05, 0) is 31.5 Å². The molecule has 3 aromatic rings. The smallest absolute Gasteiger partial charge is 0.236 e. The molecule has 0 spiro atoms. The van der Waals surface area contributed by atoms with E-state index in [4.69, 9.17) is 0 Å². The monoisotopic (exact) mass is 318 g/mol. The van der Waals surface area contributed by atoms with Gasteiger partial charge >= 0.3 is 0 Å². The van der Waals surface area contributed by atoms with Crippen LogP contribution < -0.4 is 5.32 Å². The molecule has 0 unspecified atom stereocenters. The van der Waals surface area contributed by atoms with Crippen LogP contribution in [0.25, 0.3) is 11.0 Å². The van der Waals surface area contributed by atoms with Crippen LogP contribution in [0.1, 0.15) is 10.4 Å². The number of benzene rings is 1. The summed E-state index contributed by atoms with van der Waals surface area (Å²) in [6.07, 6.45) is 1.75. The molecule has 108 valence electrons. The van der Waals surface area contributed by atoms with Gasteiger partial charge in [-0.25, -0.2) is 9.97 Å². The Hall–Kier alpha value is -1.86. The van der Waals surface area contributed by atoms with Gasteiger partial charge in [-0.15, -0.1) is 11.3 Å². The lowest BCUT2D eigenvalue weighted by Gasteiger charge is -1.99. The highest BCUT2D eigenvalue weighted by Gasteiger charge is 2.09. The maximum atomic E-state index is 11.9. The van der Waals surface area contributed by atoms with E-state index in [-0.39, 0.29) is 5.91 Å². The van der Waals surface area contributed by atoms with Crippen LogP contribution in [0.4, 0.5) is 5.13 Å². The molecule has 0 aliphatic heterocycles. The lowest BCUT2D eigenvalue weighted by molar-refractivity contribution is -0.113. The zero-order valence-corrected chi connectivity index (χ0v) is 13.3. The number of nitrogens with zero attached hydrogens (tertiary/aromatic N) is 2. The second kappa shape index (κ2) is 5.87. The third-order valence-electron chi connectivity index (χ3n) is 2.82. The lowest BCUT2D eigenvalue weighted by Crippen LogP contribution is -2.13. The van der Waals surface area contributed by atoms with E-state index in [9.17, 15) is 4.79 Å². The van der Waals surface area contributed by atoms with Crippen molar-refractivity contribution in [2.45, 2.75) is 19.0 Å². The molecular weight excluding hydrogens is 304 g/mol. The van der Waals surface area contributed by atoms with Crippen LogP contribution in [-0.2, 0) is 4.79 Å². The Morgan fingerprint density at radius 2 is 2.29 bits per heavy atom. The quantitative estimate of drug-likeness (QED) is 0.724. The first-order valence-corrected chi connectivity index (χ1v) is 8.22. The molecule has 0 saturated heterocycles. The second-order valence-corrected chi connectivity index (χ2v) is 6.87. The topological polar surface area (TPSA) is 70.7 Å². The number of rotatable bonds is 4. The van der Waals surface area contributed by atoms with E-state index in [2.05, 4.69) is 20.3 Å². The Labute approximate surface area is 130 Å². The van der Waals surface area contributed by atoms with Gasteiger partial charge in [0.1, 0.15) is 0 Å². The average Bonchev–Trinajstić information content (AvgIpc) is 3.02. The summed E-state index contributed by atoms with van der Waals surface area (Å²) in [5.41, 5.74) is 3.09. The third kappa shape index (κ3) is 3.43. The zero-order valence-electron chi connectivity index (χ0n) is 11.6. The second-order valence-electron chi connectivity index (χ2n) is 4.68. The fourth-order valence-corrected chi connectivity index (χ4v) is 3.24. The number of aryl methyl sites for hydroxylation is 2. The normalized spacial score (nSPS) is 11.0. The minimum Gasteiger partial charge on any atom is -0.333 e. The van der Waals surface area contributed by atoms with Crippen molar-refractivity contribution in [3.05, 3.63) is 34.8 Å². The van der Waals surface area contributed by atoms with Gasteiger partial charge in [0.25, 0.3) is 0 Å². The van der Waals surface area contributed by atoms with Gasteiger partial charge < -0.3 is 10.3 Å². The van der Waals surface area contributed by atoms with E-state index >= 15 is 0 Å². The van der Waals surface area contributed by atoms with E-state index in [1.54, 1.807) is 6.20 Å². The van der Waals surface area contributed by atoms with Gasteiger partial charge in [0, 0.05) is 11.1 Å². The predicted molar refractivity (Wildman–Crippen MR) is 87.0 cm³/mol. The fraction of sp³-hybridized carbons (Fsp3) is 0.214. The number of thioether (sulfide) groups is 1. The largest absolute Gasteiger partial charge is 0.333 e. The first kappa shape index (κ1) is 14.1. The number of nitrogens with one attached hydrogen (secondary N) is 2. The highest BCUT2D eigenvalue weighted by Crippen LogP contribution is 2.21. The summed E-state index contributed by atoms with van der Waals surface area (Å²) in [4.78, 5) is 24.7. The number of H-pyrrole nitrogens is 1. The van der Waals surface area contributed by atoms with E-state index in [0.29, 0.717) is 10.9 Å². The number of anilines is 1. The number of imidazole rings is 1. The van der Waals surface area contributed by atoms with Gasteiger partial charge in [-0.1, -0.05) is 17.8 Å². The molecule has 0 aliphatic rings. The van der Waals surface area contributed by atoms with Crippen molar-refractivity contribution in [3.63, 3.8) is 0 Å². The molecule has 3 rings (SSSR count). The van der Waals surface area contributed by atoms with Crippen LogP contribution in [0, 0.1) is 13.8 Å². The maximum absolute atomic E-state index is 11.9. The van der Waals surface area contributed by atoms with Crippen molar-refractivity contribution in [2.75, 3.05) is 11.1 Å². The van der Waals surface area contributed by atoms with E-state index in [0.717, 1.165) is 21.1 Å². The molecule has 21 heavy (non-hydrogen) atoms. The molecule has 1 aromatic carbocycles. The van der Waals surface area contributed by atoms with Crippen molar-refractivity contribution in [1.29, 1.82) is 0 Å². The van der Waals surface area contributed by atoms with Crippen LogP contribution in [0.5, 0.6) is 0 Å². The third-order valence-corrected chi connectivity index (χ3v) is 4.52. The number of aromatic amines is 1. The van der Waals surface area contributed by atoms with Gasteiger partial charge in [0.05, 0.1) is 16.8 Å². The van der Waals surface area contributed by atoms with Gasteiger partial charge in [-0.2, -0.15) is 0 Å². The summed E-state index contributed by atoms with van der Waals surface area (Å²) in [6.45, 7) is 4.00. The number of fused-ring (bicyclic) bond motifs is 1. The Morgan fingerprint density at radius 1 is 1.43 bits per heavy atom. The first-order chi connectivity index (χ1) is 10.1. The van der Waals surface area contributed by atoms with Crippen LogP contribution >= 0.6 is 23.1 Å². The molecular formula is C14H14N4OS2. The molecule has 0 radical (unpaired) electrons. The molecule has 7 heteroatoms. The summed E-state index contributed by atoms with van der Waals surface area (Å²) >= 11 is 2.85. The molecule has 2 aromatic heterocycles. The molecule has 0 fully saturated rings. The molecule has 2 N–H and O–H groups in total. The van der Waals surface area contributed by atoms with Gasteiger partial charge in [0.2, 0.25) is 5.91 Å². The van der Waals surface area contributed by atoms with E-state index < -0.39 is 0 Å². The van der Waals surface area contributed by atoms with Gasteiger partial charge in [0.15, 0.2) is 10.3 Å². The summed E-state index contributed by atoms with van der Waals surface area (Å²) in [5.74, 6) is 0.225. The number of carbonyl (C=O) groups is 1. The predicted octanol–water partition coefficient (Wildman–Crippen LogP) is 3.37. The van der Waals surface area contributed by atoms with Crippen molar-refractivity contribution < 1.29 is 4.79 Å². The Bertz CT molecular complexity index is 793. The number of thiazole rings is 1. The standard InChI is InChI=1S/C14H14N4OS2/c1-8-3-4-10-11(5-8)17-14(16-10)20-7-12(19)18-13-15-6-9(2)21-13/h3-6H,7H2,1-2H3,(H,16,17)(H,15,18,19). The van der Waals surface area contributed by atoms with Crippen molar-refractivity contribution in [2.24, 2.45) is 0 Å². The molecule has 0 saturated carbocycles. The van der Waals surface area contributed by atoms with Crippen molar-refractivity contribution in [3.8, 4) is 0 Å². The van der Waals surface area contributed by atoms with Crippen molar-refractivity contribution >= 4 is 45.2 Å². The summed E-state index contributed by atoms with van der Waals surface area (Å²) < 4.78 is 0. The van der Waals surface area contributed by atoms with E-state index in [1.807, 2.05) is 32.0 Å². The maximum Gasteiger partial charge on any atom is 0.236 e. The number of carbonyl (C=O) groups excluding carboxylic acids is 1. The highest BCUT2D eigenvalue weighted by atomic mass is 32.2. The molecule has 5 nitrogen and oxygen atoms in total. The Morgan fingerprint density at radius 3 is 3.05 bits per heavy atom. The van der Waals surface area contributed by atoms with Crippen LogP contribution in [-0.4, -0.2) is 26.6 Å². The molecule has 0 atom stereocenters. The van der Waals surface area contributed by atoms with Crippen molar-refractivity contribution in [1.82, 2.24) is 15.0 Å². The molecule has 2 heterocycles. The first-order valence-electron chi connectivity index (χ1n) is 6.41. The lowest BCUT2D eigenvalue weighted by atomic mass is 10.2. The molecule has 0 aliphatic carbocycles. The summed E-state index contributed by atoms with van der Waals surface area (Å²) in [6, 6.07) is 6.05. The van der Waals surface area contributed by atoms with Crippen LogP contribution in [0.3, 0.4) is 0 Å². The zero-order chi connectivity index (χ0) is 14.8. The Kier molecular flexibility index (Phi) is 3.94. The average molecular weight is 318 g/mol. The molecule has 1 amide bonds.